The molecule has 2 aliphatic rings. The molecule has 2 unspecified atom stereocenters. The Morgan fingerprint density at radius 2 is 1.75 bits per heavy atom. The zero-order chi connectivity index (χ0) is 20.3. The lowest BCUT2D eigenvalue weighted by molar-refractivity contribution is -0.0501. The van der Waals surface area contributed by atoms with Crippen LogP contribution in [0.1, 0.15) is 42.2 Å². The van der Waals surface area contributed by atoms with Crippen molar-refractivity contribution in [3.63, 3.8) is 0 Å². The second-order valence-corrected chi connectivity index (χ2v) is 8.28. The van der Waals surface area contributed by atoms with Crippen molar-refractivity contribution in [1.29, 1.82) is 0 Å². The van der Waals surface area contributed by atoms with Crippen molar-refractivity contribution in [2.24, 2.45) is 0 Å². The molecule has 0 aliphatic heterocycles. The highest BCUT2D eigenvalue weighted by molar-refractivity contribution is 7.87. The van der Waals surface area contributed by atoms with Gasteiger partial charge in [-0.05, 0) is 48.8 Å². The summed E-state index contributed by atoms with van der Waals surface area (Å²) >= 11 is 0. The summed E-state index contributed by atoms with van der Waals surface area (Å²) in [7, 11) is -5.86. The Labute approximate surface area is 156 Å². The van der Waals surface area contributed by atoms with E-state index in [4.69, 9.17) is 0 Å². The first-order valence-corrected chi connectivity index (χ1v) is 9.73. The van der Waals surface area contributed by atoms with E-state index in [-0.39, 0.29) is 23.1 Å². The molecule has 28 heavy (non-hydrogen) atoms. The second-order valence-electron chi connectivity index (χ2n) is 6.74. The average molecular weight is 420 g/mol. The van der Waals surface area contributed by atoms with Crippen molar-refractivity contribution >= 4 is 21.5 Å². The third-order valence-corrected chi connectivity index (χ3v) is 5.99. The van der Waals surface area contributed by atoms with Crippen molar-refractivity contribution in [1.82, 2.24) is 4.98 Å². The molecular formula is C17H13F5N2O3S. The molecule has 1 saturated carbocycles. The smallest absolute Gasteiger partial charge is 0.355 e. The number of anilines is 2. The molecule has 5 nitrogen and oxygen atoms in total. The average Bonchev–Trinajstić information content (AvgIpc) is 3.20. The van der Waals surface area contributed by atoms with E-state index >= 15 is 0 Å². The van der Waals surface area contributed by atoms with E-state index in [1.807, 2.05) is 0 Å². The summed E-state index contributed by atoms with van der Waals surface area (Å²) in [6.07, 6.45) is 3.14. The monoisotopic (exact) mass is 420 g/mol. The first kappa shape index (κ1) is 18.9. The summed E-state index contributed by atoms with van der Waals surface area (Å²) in [6, 6.07) is 2.93. The minimum atomic E-state index is -5.86. The molecule has 0 radical (unpaired) electrons. The van der Waals surface area contributed by atoms with Crippen molar-refractivity contribution in [2.45, 2.75) is 36.6 Å². The van der Waals surface area contributed by atoms with Gasteiger partial charge in [0.15, 0.2) is 0 Å². The summed E-state index contributed by atoms with van der Waals surface area (Å²) in [5, 5.41) is 2.77. The number of hydrogen-bond donors (Lipinski definition) is 1. The molecule has 0 saturated heterocycles. The lowest BCUT2D eigenvalue weighted by Crippen LogP contribution is -2.29. The minimum absolute atomic E-state index is 0.0371. The van der Waals surface area contributed by atoms with E-state index in [0.29, 0.717) is 30.2 Å². The SMILES string of the molecule is O=S(=O)(Oc1ncc(Nc2ccc(F)cc2F)c2c1C1CCC2C1)C(F)(F)F. The van der Waals surface area contributed by atoms with Crippen LogP contribution in [0, 0.1) is 11.6 Å². The standard InChI is InChI=1S/C17H13F5N2O3S/c18-10-3-4-12(11(19)6-10)24-13-7-23-16(27-28(25,26)17(20,21)22)15-9-2-1-8(5-9)14(13)15/h3-4,6-9,24H,1-2,5H2. The van der Waals surface area contributed by atoms with Gasteiger partial charge in [-0.1, -0.05) is 0 Å². The molecule has 4 rings (SSSR count). The fourth-order valence-electron chi connectivity index (χ4n) is 3.92. The summed E-state index contributed by atoms with van der Waals surface area (Å²) in [5.41, 5.74) is -4.44. The number of nitrogens with zero attached hydrogens (tertiary/aromatic N) is 1. The number of benzene rings is 1. The van der Waals surface area contributed by atoms with E-state index in [2.05, 4.69) is 14.5 Å². The highest BCUT2D eigenvalue weighted by atomic mass is 32.2. The molecule has 11 heteroatoms. The van der Waals surface area contributed by atoms with Crippen LogP contribution < -0.4 is 9.50 Å². The molecule has 2 aromatic rings. The molecule has 0 amide bonds. The number of nitrogens with one attached hydrogen (secondary N) is 1. The van der Waals surface area contributed by atoms with Crippen LogP contribution in [0.3, 0.4) is 0 Å². The van der Waals surface area contributed by atoms with Gasteiger partial charge in [-0.3, -0.25) is 0 Å². The second kappa shape index (κ2) is 6.29. The van der Waals surface area contributed by atoms with Crippen LogP contribution in [-0.4, -0.2) is 18.9 Å². The molecule has 2 bridgehead atoms. The Bertz CT molecular complexity index is 1060. The minimum Gasteiger partial charge on any atom is -0.355 e. The lowest BCUT2D eigenvalue weighted by atomic mass is 9.91. The van der Waals surface area contributed by atoms with E-state index < -0.39 is 33.1 Å². The van der Waals surface area contributed by atoms with E-state index in [1.165, 1.54) is 6.07 Å². The molecular weight excluding hydrogens is 407 g/mol. The zero-order valence-electron chi connectivity index (χ0n) is 14.1. The van der Waals surface area contributed by atoms with Gasteiger partial charge in [0.2, 0.25) is 5.88 Å². The lowest BCUT2D eigenvalue weighted by Gasteiger charge is -2.22. The molecule has 1 heterocycles. The van der Waals surface area contributed by atoms with Crippen molar-refractivity contribution < 1.29 is 34.6 Å². The van der Waals surface area contributed by atoms with Gasteiger partial charge >= 0.3 is 15.6 Å². The molecule has 150 valence electrons. The van der Waals surface area contributed by atoms with Gasteiger partial charge in [-0.15, -0.1) is 0 Å². The largest absolute Gasteiger partial charge is 0.534 e. The number of fused-ring (bicyclic) bond motifs is 5. The Morgan fingerprint density at radius 3 is 2.39 bits per heavy atom. The number of rotatable bonds is 4. The molecule has 1 fully saturated rings. The van der Waals surface area contributed by atoms with Gasteiger partial charge in [0, 0.05) is 11.6 Å². The summed E-state index contributed by atoms with van der Waals surface area (Å²) in [4.78, 5) is 3.75. The first-order chi connectivity index (χ1) is 13.1. The predicted octanol–water partition coefficient (Wildman–Crippen LogP) is 4.70. The number of aromatic nitrogens is 1. The predicted molar refractivity (Wildman–Crippen MR) is 88.8 cm³/mol. The highest BCUT2D eigenvalue weighted by Gasteiger charge is 2.50. The Morgan fingerprint density at radius 1 is 1.07 bits per heavy atom. The van der Waals surface area contributed by atoms with Crippen LogP contribution in [0.4, 0.5) is 33.3 Å². The molecule has 1 N–H and O–H groups in total. The van der Waals surface area contributed by atoms with Gasteiger partial charge in [0.25, 0.3) is 0 Å². The molecule has 0 spiro atoms. The fraction of sp³-hybridized carbons (Fsp3) is 0.353. The number of alkyl halides is 3. The maximum atomic E-state index is 14.0. The third kappa shape index (κ3) is 3.07. The van der Waals surface area contributed by atoms with Crippen molar-refractivity contribution in [3.05, 3.63) is 47.2 Å². The Hall–Kier alpha value is -2.43. The van der Waals surface area contributed by atoms with Crippen LogP contribution in [0.2, 0.25) is 0 Å². The quantitative estimate of drug-likeness (QED) is 0.441. The van der Waals surface area contributed by atoms with Gasteiger partial charge in [0.05, 0.1) is 17.6 Å². The maximum Gasteiger partial charge on any atom is 0.534 e. The molecule has 2 atom stereocenters. The van der Waals surface area contributed by atoms with Crippen LogP contribution in [0.25, 0.3) is 0 Å². The van der Waals surface area contributed by atoms with E-state index in [9.17, 15) is 30.4 Å². The van der Waals surface area contributed by atoms with Gasteiger partial charge < -0.3 is 9.50 Å². The fourth-order valence-corrected chi connectivity index (χ4v) is 4.35. The first-order valence-electron chi connectivity index (χ1n) is 8.32. The Balaban J connectivity index is 1.76. The maximum absolute atomic E-state index is 14.0. The van der Waals surface area contributed by atoms with Crippen LogP contribution in [-0.2, 0) is 10.1 Å². The van der Waals surface area contributed by atoms with Crippen LogP contribution in [0.15, 0.2) is 24.4 Å². The van der Waals surface area contributed by atoms with Crippen molar-refractivity contribution in [3.8, 4) is 5.88 Å². The van der Waals surface area contributed by atoms with Gasteiger partial charge in [-0.25, -0.2) is 13.8 Å². The van der Waals surface area contributed by atoms with Crippen LogP contribution >= 0.6 is 0 Å². The van der Waals surface area contributed by atoms with Crippen molar-refractivity contribution in [2.75, 3.05) is 5.32 Å². The normalized spacial score (nSPS) is 20.9. The molecule has 1 aromatic carbocycles. The molecule has 1 aromatic heterocycles. The summed E-state index contributed by atoms with van der Waals surface area (Å²) in [6.45, 7) is 0. The number of pyridine rings is 1. The van der Waals surface area contributed by atoms with Gasteiger partial charge in [0.1, 0.15) is 11.6 Å². The Kier molecular flexibility index (Phi) is 4.25. The highest BCUT2D eigenvalue weighted by Crippen LogP contribution is 2.58. The topological polar surface area (TPSA) is 68.3 Å². The number of halogens is 5. The summed E-state index contributed by atoms with van der Waals surface area (Å²) < 4.78 is 92.2. The van der Waals surface area contributed by atoms with Crippen LogP contribution in [0.5, 0.6) is 5.88 Å². The summed E-state index contributed by atoms with van der Waals surface area (Å²) in [5.74, 6) is -2.44. The third-order valence-electron chi connectivity index (χ3n) is 5.04. The van der Waals surface area contributed by atoms with E-state index in [1.54, 1.807) is 0 Å². The zero-order valence-corrected chi connectivity index (χ0v) is 14.9. The molecule has 2 aliphatic carbocycles. The van der Waals surface area contributed by atoms with E-state index in [0.717, 1.165) is 18.7 Å². The number of hydrogen-bond acceptors (Lipinski definition) is 5. The van der Waals surface area contributed by atoms with Gasteiger partial charge in [-0.2, -0.15) is 21.6 Å².